The molecule has 3 aliphatic rings. The fourth-order valence-corrected chi connectivity index (χ4v) is 4.78. The fourth-order valence-electron chi connectivity index (χ4n) is 4.78. The van der Waals surface area contributed by atoms with Gasteiger partial charge in [0.2, 0.25) is 5.91 Å². The summed E-state index contributed by atoms with van der Waals surface area (Å²) in [7, 11) is 1.81. The number of rotatable bonds is 4. The number of aromatic nitrogens is 2. The average molecular weight is 454 g/mol. The van der Waals surface area contributed by atoms with Crippen LogP contribution < -0.4 is 5.32 Å². The number of amides is 3. The summed E-state index contributed by atoms with van der Waals surface area (Å²) in [4.78, 5) is 42.3. The van der Waals surface area contributed by atoms with E-state index in [-0.39, 0.29) is 30.2 Å². The standard InChI is InChI=1S/C24H28FN5O3/c1-28-20-10-12-30(23(32)15-4-6-17(25)7-5-15)14-19(20)21(27-28)24(33)29-11-2-3-16(13-29)22(31)26-18-8-9-18/h4-7,16,18H,2-3,8-14H2,1H3,(H,26,31). The Balaban J connectivity index is 1.33. The molecular weight excluding hydrogens is 425 g/mol. The van der Waals surface area contributed by atoms with E-state index < -0.39 is 5.82 Å². The molecule has 9 heteroatoms. The van der Waals surface area contributed by atoms with Crippen molar-refractivity contribution >= 4 is 17.7 Å². The highest BCUT2D eigenvalue weighted by molar-refractivity contribution is 5.96. The first-order chi connectivity index (χ1) is 15.9. The number of nitrogens with one attached hydrogen (secondary N) is 1. The Kier molecular flexibility index (Phi) is 5.64. The van der Waals surface area contributed by atoms with Crippen molar-refractivity contribution < 1.29 is 18.8 Å². The van der Waals surface area contributed by atoms with E-state index in [0.29, 0.717) is 43.4 Å². The van der Waals surface area contributed by atoms with Crippen molar-refractivity contribution in [2.24, 2.45) is 13.0 Å². The van der Waals surface area contributed by atoms with E-state index in [1.54, 1.807) is 14.5 Å². The summed E-state index contributed by atoms with van der Waals surface area (Å²) in [6.45, 7) is 1.76. The lowest BCUT2D eigenvalue weighted by Gasteiger charge is -2.32. The lowest BCUT2D eigenvalue weighted by Crippen LogP contribution is -2.46. The number of halogens is 1. The molecular formula is C24H28FN5O3. The van der Waals surface area contributed by atoms with E-state index in [9.17, 15) is 18.8 Å². The lowest BCUT2D eigenvalue weighted by atomic mass is 9.96. The molecule has 5 rings (SSSR count). The summed E-state index contributed by atoms with van der Waals surface area (Å²) < 4.78 is 15.0. The minimum atomic E-state index is -0.390. The van der Waals surface area contributed by atoms with Crippen LogP contribution in [0.2, 0.25) is 0 Å². The van der Waals surface area contributed by atoms with E-state index in [1.807, 2.05) is 7.05 Å². The summed E-state index contributed by atoms with van der Waals surface area (Å²) in [5, 5.41) is 7.56. The Hall–Kier alpha value is -3.23. The van der Waals surface area contributed by atoms with Gasteiger partial charge in [-0.1, -0.05) is 0 Å². The van der Waals surface area contributed by atoms with E-state index in [2.05, 4.69) is 10.4 Å². The van der Waals surface area contributed by atoms with Gasteiger partial charge in [-0.25, -0.2) is 4.39 Å². The van der Waals surface area contributed by atoms with E-state index in [1.165, 1.54) is 24.3 Å². The second kappa shape index (κ2) is 8.61. The van der Waals surface area contributed by atoms with Crippen molar-refractivity contribution in [2.75, 3.05) is 19.6 Å². The zero-order valence-corrected chi connectivity index (χ0v) is 18.7. The van der Waals surface area contributed by atoms with Crippen molar-refractivity contribution in [1.82, 2.24) is 24.9 Å². The van der Waals surface area contributed by atoms with Gasteiger partial charge in [-0.2, -0.15) is 5.10 Å². The maximum absolute atomic E-state index is 13.4. The Labute approximate surface area is 191 Å². The molecule has 0 spiro atoms. The SMILES string of the molecule is Cn1nc(C(=O)N2CCCC(C(=O)NC3CC3)C2)c2c1CCN(C(=O)c1ccc(F)cc1)C2. The van der Waals surface area contributed by atoms with Crippen LogP contribution in [0, 0.1) is 11.7 Å². The monoisotopic (exact) mass is 453 g/mol. The first kappa shape index (κ1) is 21.6. The molecule has 1 atom stereocenters. The van der Waals surface area contributed by atoms with Gasteiger partial charge in [0.25, 0.3) is 11.8 Å². The Bertz CT molecular complexity index is 1090. The molecule has 2 aromatic rings. The number of hydrogen-bond acceptors (Lipinski definition) is 4. The van der Waals surface area contributed by atoms with Crippen LogP contribution in [0.25, 0.3) is 0 Å². The minimum absolute atomic E-state index is 0.0362. The fraction of sp³-hybridized carbons (Fsp3) is 0.500. The normalized spacial score (nSPS) is 20.4. The molecule has 3 heterocycles. The zero-order valence-electron chi connectivity index (χ0n) is 18.7. The third-order valence-corrected chi connectivity index (χ3v) is 6.83. The molecule has 174 valence electrons. The maximum atomic E-state index is 13.4. The summed E-state index contributed by atoms with van der Waals surface area (Å²) in [5.74, 6) is -0.934. The highest BCUT2D eigenvalue weighted by Gasteiger charge is 2.35. The first-order valence-electron chi connectivity index (χ1n) is 11.6. The molecule has 1 aromatic carbocycles. The second-order valence-electron chi connectivity index (χ2n) is 9.25. The van der Waals surface area contributed by atoms with Gasteiger partial charge in [-0.15, -0.1) is 0 Å². The Morgan fingerprint density at radius 1 is 1.03 bits per heavy atom. The van der Waals surface area contributed by atoms with Crippen LogP contribution in [0.15, 0.2) is 24.3 Å². The van der Waals surface area contributed by atoms with Crippen molar-refractivity contribution in [3.63, 3.8) is 0 Å². The summed E-state index contributed by atoms with van der Waals surface area (Å²) >= 11 is 0. The molecule has 1 unspecified atom stereocenters. The number of fused-ring (bicyclic) bond motifs is 1. The van der Waals surface area contributed by atoms with Gasteiger partial charge in [0.1, 0.15) is 5.82 Å². The molecule has 1 aromatic heterocycles. The number of hydrogen-bond donors (Lipinski definition) is 1. The van der Waals surface area contributed by atoms with Crippen LogP contribution in [0.4, 0.5) is 4.39 Å². The van der Waals surface area contributed by atoms with Crippen LogP contribution in [0.1, 0.15) is 57.8 Å². The van der Waals surface area contributed by atoms with Gasteiger partial charge in [-0.3, -0.25) is 19.1 Å². The number of carbonyl (C=O) groups excluding carboxylic acids is 3. The molecule has 1 N–H and O–H groups in total. The van der Waals surface area contributed by atoms with Crippen LogP contribution in [-0.2, 0) is 24.8 Å². The predicted molar refractivity (Wildman–Crippen MR) is 118 cm³/mol. The molecule has 8 nitrogen and oxygen atoms in total. The third kappa shape index (κ3) is 4.36. The summed E-state index contributed by atoms with van der Waals surface area (Å²) in [6.07, 6.45) is 4.22. The molecule has 1 saturated heterocycles. The van der Waals surface area contributed by atoms with Crippen molar-refractivity contribution in [3.05, 3.63) is 52.6 Å². The highest BCUT2D eigenvalue weighted by atomic mass is 19.1. The van der Waals surface area contributed by atoms with Gasteiger partial charge in [0.05, 0.1) is 12.5 Å². The first-order valence-corrected chi connectivity index (χ1v) is 11.6. The molecule has 3 amide bonds. The minimum Gasteiger partial charge on any atom is -0.353 e. The maximum Gasteiger partial charge on any atom is 0.274 e. The van der Waals surface area contributed by atoms with Crippen molar-refractivity contribution in [1.29, 1.82) is 0 Å². The van der Waals surface area contributed by atoms with Crippen LogP contribution in [-0.4, -0.2) is 63.0 Å². The predicted octanol–water partition coefficient (Wildman–Crippen LogP) is 1.89. The molecule has 0 radical (unpaired) electrons. The molecule has 0 bridgehead atoms. The number of nitrogens with zero attached hydrogens (tertiary/aromatic N) is 4. The summed E-state index contributed by atoms with van der Waals surface area (Å²) in [5.41, 5.74) is 2.47. The average Bonchev–Trinajstić information content (AvgIpc) is 3.59. The van der Waals surface area contributed by atoms with E-state index >= 15 is 0 Å². The molecule has 33 heavy (non-hydrogen) atoms. The van der Waals surface area contributed by atoms with E-state index in [4.69, 9.17) is 0 Å². The Morgan fingerprint density at radius 2 is 1.79 bits per heavy atom. The summed E-state index contributed by atoms with van der Waals surface area (Å²) in [6, 6.07) is 5.80. The van der Waals surface area contributed by atoms with Crippen LogP contribution in [0.3, 0.4) is 0 Å². The van der Waals surface area contributed by atoms with Crippen molar-refractivity contribution in [2.45, 2.75) is 44.7 Å². The number of benzene rings is 1. The highest BCUT2D eigenvalue weighted by Crippen LogP contribution is 2.27. The largest absolute Gasteiger partial charge is 0.353 e. The smallest absolute Gasteiger partial charge is 0.274 e. The third-order valence-electron chi connectivity index (χ3n) is 6.83. The molecule has 2 aliphatic heterocycles. The van der Waals surface area contributed by atoms with Gasteiger partial charge in [0.15, 0.2) is 5.69 Å². The van der Waals surface area contributed by atoms with Crippen LogP contribution in [0.5, 0.6) is 0 Å². The topological polar surface area (TPSA) is 87.5 Å². The van der Waals surface area contributed by atoms with Gasteiger partial charge in [0, 0.05) is 56.0 Å². The van der Waals surface area contributed by atoms with E-state index in [0.717, 1.165) is 36.9 Å². The molecule has 1 aliphatic carbocycles. The number of carbonyl (C=O) groups is 3. The second-order valence-corrected chi connectivity index (χ2v) is 9.25. The molecule has 1 saturated carbocycles. The van der Waals surface area contributed by atoms with Gasteiger partial charge < -0.3 is 15.1 Å². The van der Waals surface area contributed by atoms with Crippen molar-refractivity contribution in [3.8, 4) is 0 Å². The van der Waals surface area contributed by atoms with Crippen LogP contribution >= 0.6 is 0 Å². The lowest BCUT2D eigenvalue weighted by molar-refractivity contribution is -0.126. The number of aryl methyl sites for hydroxylation is 1. The zero-order chi connectivity index (χ0) is 23.1. The van der Waals surface area contributed by atoms with Gasteiger partial charge in [-0.05, 0) is 49.9 Å². The Morgan fingerprint density at radius 3 is 2.52 bits per heavy atom. The quantitative estimate of drug-likeness (QED) is 0.766. The van der Waals surface area contributed by atoms with Gasteiger partial charge >= 0.3 is 0 Å². The number of likely N-dealkylation sites (tertiary alicyclic amines) is 1. The number of piperidine rings is 1. The molecule has 2 fully saturated rings.